The van der Waals surface area contributed by atoms with E-state index in [2.05, 4.69) is 4.98 Å². The van der Waals surface area contributed by atoms with Gasteiger partial charge in [0.2, 0.25) is 0 Å². The van der Waals surface area contributed by atoms with Crippen molar-refractivity contribution in [3.63, 3.8) is 0 Å². The molecule has 74 valence electrons. The Bertz CT molecular complexity index is 520. The maximum absolute atomic E-state index is 9.43. The van der Waals surface area contributed by atoms with Crippen molar-refractivity contribution in [1.29, 1.82) is 5.26 Å². The molecular formula is C10H7N3O2. The van der Waals surface area contributed by atoms with E-state index in [9.17, 15) is 10.2 Å². The van der Waals surface area contributed by atoms with Crippen LogP contribution in [0.2, 0.25) is 0 Å². The normalized spacial score (nSPS) is 9.80. The zero-order valence-electron chi connectivity index (χ0n) is 7.62. The largest absolute Gasteiger partial charge is 0.494 e. The zero-order chi connectivity index (χ0) is 10.8. The molecule has 2 N–H and O–H groups in total. The lowest BCUT2D eigenvalue weighted by atomic mass is 10.3. The molecule has 0 spiro atoms. The van der Waals surface area contributed by atoms with Crippen LogP contribution in [0.15, 0.2) is 30.5 Å². The summed E-state index contributed by atoms with van der Waals surface area (Å²) in [6.45, 7) is 0. The second kappa shape index (κ2) is 3.35. The monoisotopic (exact) mass is 201 g/mol. The summed E-state index contributed by atoms with van der Waals surface area (Å²) >= 11 is 0. The second-order valence-electron chi connectivity index (χ2n) is 2.90. The van der Waals surface area contributed by atoms with E-state index < -0.39 is 0 Å². The molecule has 2 aromatic rings. The molecule has 0 fully saturated rings. The minimum atomic E-state index is -0.130. The Morgan fingerprint density at radius 1 is 1.20 bits per heavy atom. The number of hydrogen-bond acceptors (Lipinski definition) is 4. The molecule has 0 radical (unpaired) electrons. The summed E-state index contributed by atoms with van der Waals surface area (Å²) in [5.74, 6) is 0.0410. The van der Waals surface area contributed by atoms with Crippen molar-refractivity contribution in [1.82, 2.24) is 9.55 Å². The second-order valence-corrected chi connectivity index (χ2v) is 2.90. The van der Waals surface area contributed by atoms with Gasteiger partial charge in [-0.15, -0.1) is 0 Å². The highest BCUT2D eigenvalue weighted by atomic mass is 16.3. The maximum atomic E-state index is 9.43. The van der Waals surface area contributed by atoms with Gasteiger partial charge in [-0.1, -0.05) is 0 Å². The minimum absolute atomic E-state index is 0.130. The van der Waals surface area contributed by atoms with Crippen molar-refractivity contribution in [3.8, 4) is 23.6 Å². The van der Waals surface area contributed by atoms with Crippen molar-refractivity contribution >= 4 is 0 Å². The van der Waals surface area contributed by atoms with Gasteiger partial charge in [-0.3, -0.25) is 0 Å². The summed E-state index contributed by atoms with van der Waals surface area (Å²) in [7, 11) is 0. The van der Waals surface area contributed by atoms with E-state index in [-0.39, 0.29) is 11.8 Å². The van der Waals surface area contributed by atoms with Gasteiger partial charge in [0, 0.05) is 18.3 Å². The van der Waals surface area contributed by atoms with Crippen molar-refractivity contribution in [2.24, 2.45) is 0 Å². The summed E-state index contributed by atoms with van der Waals surface area (Å²) in [6.07, 6.45) is 1.44. The van der Waals surface area contributed by atoms with Crippen LogP contribution in [0.25, 0.3) is 5.82 Å². The molecule has 0 unspecified atom stereocenters. The Labute approximate surface area is 85.5 Å². The Morgan fingerprint density at radius 2 is 1.87 bits per heavy atom. The van der Waals surface area contributed by atoms with Crippen LogP contribution in [-0.4, -0.2) is 19.8 Å². The molecule has 0 saturated carbocycles. The van der Waals surface area contributed by atoms with Crippen LogP contribution in [0.5, 0.6) is 11.8 Å². The Morgan fingerprint density at radius 3 is 2.47 bits per heavy atom. The molecule has 0 aromatic carbocycles. The smallest absolute Gasteiger partial charge is 0.199 e. The van der Waals surface area contributed by atoms with Crippen LogP contribution < -0.4 is 0 Å². The predicted octanol–water partition coefficient (Wildman–Crippen LogP) is 1.16. The number of rotatable bonds is 1. The van der Waals surface area contributed by atoms with Gasteiger partial charge < -0.3 is 10.2 Å². The van der Waals surface area contributed by atoms with Crippen LogP contribution in [0.3, 0.4) is 0 Å². The average molecular weight is 201 g/mol. The highest BCUT2D eigenvalue weighted by molar-refractivity contribution is 5.41. The molecular weight excluding hydrogens is 194 g/mol. The van der Waals surface area contributed by atoms with Crippen LogP contribution in [0.1, 0.15) is 5.56 Å². The Balaban J connectivity index is 2.60. The van der Waals surface area contributed by atoms with E-state index in [0.717, 1.165) is 4.57 Å². The third-order valence-corrected chi connectivity index (χ3v) is 1.94. The lowest BCUT2D eigenvalue weighted by Crippen LogP contribution is -1.96. The molecule has 2 aromatic heterocycles. The third kappa shape index (κ3) is 1.48. The van der Waals surface area contributed by atoms with E-state index >= 15 is 0 Å². The fourth-order valence-electron chi connectivity index (χ4n) is 1.26. The first-order chi connectivity index (χ1) is 7.22. The molecule has 0 saturated heterocycles. The summed E-state index contributed by atoms with van der Waals surface area (Å²) in [5, 5.41) is 27.5. The standard InChI is InChI=1S/C10H7N3O2/c11-6-7-3-4-12-8(5-7)13-9(14)1-2-10(13)15/h1-5,14-15H. The maximum Gasteiger partial charge on any atom is 0.199 e. The summed E-state index contributed by atoms with van der Waals surface area (Å²) in [4.78, 5) is 3.94. The quantitative estimate of drug-likeness (QED) is 0.725. The van der Waals surface area contributed by atoms with Crippen LogP contribution in [0.4, 0.5) is 0 Å². The Kier molecular flexibility index (Phi) is 2.03. The zero-order valence-corrected chi connectivity index (χ0v) is 7.62. The molecule has 2 rings (SSSR count). The van der Waals surface area contributed by atoms with Crippen LogP contribution in [0, 0.1) is 11.3 Å². The van der Waals surface area contributed by atoms with Crippen molar-refractivity contribution in [2.75, 3.05) is 0 Å². The number of aromatic hydroxyl groups is 2. The first kappa shape index (κ1) is 9.09. The summed E-state index contributed by atoms with van der Waals surface area (Å²) < 4.78 is 1.14. The van der Waals surface area contributed by atoms with Gasteiger partial charge in [0.25, 0.3) is 0 Å². The van der Waals surface area contributed by atoms with Crippen molar-refractivity contribution in [2.45, 2.75) is 0 Å². The average Bonchev–Trinajstić information content (AvgIpc) is 2.59. The minimum Gasteiger partial charge on any atom is -0.494 e. The van der Waals surface area contributed by atoms with Crippen LogP contribution >= 0.6 is 0 Å². The summed E-state index contributed by atoms with van der Waals surface area (Å²) in [6, 6.07) is 7.65. The molecule has 0 aliphatic carbocycles. The fraction of sp³-hybridized carbons (Fsp3) is 0. The molecule has 0 aliphatic rings. The number of nitrogens with zero attached hydrogens (tertiary/aromatic N) is 3. The SMILES string of the molecule is N#Cc1ccnc(-n2c(O)ccc2O)c1. The molecule has 15 heavy (non-hydrogen) atoms. The van der Waals surface area contributed by atoms with E-state index in [0.29, 0.717) is 11.4 Å². The molecule has 5 heteroatoms. The van der Waals surface area contributed by atoms with Gasteiger partial charge in [0.05, 0.1) is 11.6 Å². The lowest BCUT2D eigenvalue weighted by molar-refractivity contribution is 0.401. The van der Waals surface area contributed by atoms with Gasteiger partial charge >= 0.3 is 0 Å². The van der Waals surface area contributed by atoms with E-state index in [1.807, 2.05) is 6.07 Å². The molecule has 0 bridgehead atoms. The van der Waals surface area contributed by atoms with Crippen molar-refractivity contribution in [3.05, 3.63) is 36.0 Å². The molecule has 2 heterocycles. The topological polar surface area (TPSA) is 82.1 Å². The number of hydrogen-bond donors (Lipinski definition) is 2. The number of aromatic nitrogens is 2. The van der Waals surface area contributed by atoms with Gasteiger partial charge in [-0.05, 0) is 12.1 Å². The van der Waals surface area contributed by atoms with Gasteiger partial charge in [-0.2, -0.15) is 5.26 Å². The fourth-order valence-corrected chi connectivity index (χ4v) is 1.26. The van der Waals surface area contributed by atoms with Crippen molar-refractivity contribution < 1.29 is 10.2 Å². The van der Waals surface area contributed by atoms with Gasteiger partial charge in [-0.25, -0.2) is 9.55 Å². The van der Waals surface area contributed by atoms with Gasteiger partial charge in [0.15, 0.2) is 11.8 Å². The molecule has 0 aliphatic heterocycles. The summed E-state index contributed by atoms with van der Waals surface area (Å²) in [5.41, 5.74) is 0.410. The molecule has 0 amide bonds. The Hall–Kier alpha value is -2.48. The lowest BCUT2D eigenvalue weighted by Gasteiger charge is -2.04. The number of pyridine rings is 1. The predicted molar refractivity (Wildman–Crippen MR) is 51.6 cm³/mol. The first-order valence-electron chi connectivity index (χ1n) is 4.18. The number of nitriles is 1. The highest BCUT2D eigenvalue weighted by Crippen LogP contribution is 2.25. The van der Waals surface area contributed by atoms with Gasteiger partial charge in [0.1, 0.15) is 5.82 Å². The first-order valence-corrected chi connectivity index (χ1v) is 4.18. The third-order valence-electron chi connectivity index (χ3n) is 1.94. The molecule has 5 nitrogen and oxygen atoms in total. The van der Waals surface area contributed by atoms with E-state index in [1.54, 1.807) is 6.07 Å². The van der Waals surface area contributed by atoms with E-state index in [1.165, 1.54) is 24.4 Å². The van der Waals surface area contributed by atoms with Crippen LogP contribution in [-0.2, 0) is 0 Å². The van der Waals surface area contributed by atoms with E-state index in [4.69, 9.17) is 5.26 Å². The molecule has 0 atom stereocenters. The highest BCUT2D eigenvalue weighted by Gasteiger charge is 2.09.